The monoisotopic (exact) mass is 553 g/mol. The van der Waals surface area contributed by atoms with Gasteiger partial charge in [0.1, 0.15) is 5.75 Å². The molecular formula is C23H28BrN3O4S2. The zero-order valence-electron chi connectivity index (χ0n) is 19.0. The molecule has 0 saturated heterocycles. The summed E-state index contributed by atoms with van der Waals surface area (Å²) in [7, 11) is 2.04. The van der Waals surface area contributed by atoms with Gasteiger partial charge in [0, 0.05) is 17.4 Å². The summed E-state index contributed by atoms with van der Waals surface area (Å²) in [4.78, 5) is 21.8. The smallest absolute Gasteiger partial charge is 0.228 e. The Morgan fingerprint density at radius 2 is 1.82 bits per heavy atom. The molecule has 33 heavy (non-hydrogen) atoms. The number of thiazole rings is 1. The fourth-order valence-electron chi connectivity index (χ4n) is 3.32. The molecule has 1 heterocycles. The van der Waals surface area contributed by atoms with E-state index in [1.54, 1.807) is 17.0 Å². The Labute approximate surface area is 207 Å². The van der Waals surface area contributed by atoms with Crippen molar-refractivity contribution in [3.63, 3.8) is 0 Å². The minimum Gasteiger partial charge on any atom is -0.497 e. The molecule has 3 rings (SSSR count). The molecule has 3 aromatic rings. The molecule has 178 valence electrons. The fraction of sp³-hybridized carbons (Fsp3) is 0.391. The van der Waals surface area contributed by atoms with Crippen LogP contribution < -0.4 is 9.64 Å². The molecule has 0 bridgehead atoms. The zero-order valence-corrected chi connectivity index (χ0v) is 22.2. The van der Waals surface area contributed by atoms with Gasteiger partial charge in [0.2, 0.25) is 5.91 Å². The summed E-state index contributed by atoms with van der Waals surface area (Å²) >= 11 is 4.94. The summed E-state index contributed by atoms with van der Waals surface area (Å²) in [5, 5.41) is 0.643. The van der Waals surface area contributed by atoms with Gasteiger partial charge in [-0.05, 0) is 75.9 Å². The molecule has 0 aliphatic carbocycles. The van der Waals surface area contributed by atoms with Crippen LogP contribution in [0.4, 0.5) is 5.13 Å². The van der Waals surface area contributed by atoms with Crippen LogP contribution in [0.15, 0.2) is 51.8 Å². The first-order valence-corrected chi connectivity index (χ1v) is 13.8. The lowest BCUT2D eigenvalue weighted by molar-refractivity contribution is -0.118. The number of anilines is 1. The van der Waals surface area contributed by atoms with E-state index in [2.05, 4.69) is 25.8 Å². The molecule has 7 nitrogen and oxygen atoms in total. The third-order valence-electron chi connectivity index (χ3n) is 5.08. The number of benzene rings is 2. The second-order valence-corrected chi connectivity index (χ2v) is 11.9. The quantitative estimate of drug-likeness (QED) is 0.345. The number of hydrogen-bond acceptors (Lipinski definition) is 7. The van der Waals surface area contributed by atoms with Crippen LogP contribution >= 0.6 is 27.3 Å². The van der Waals surface area contributed by atoms with Crippen molar-refractivity contribution in [1.29, 1.82) is 0 Å². The van der Waals surface area contributed by atoms with E-state index in [4.69, 9.17) is 4.74 Å². The number of carbonyl (C=O) groups is 1. The van der Waals surface area contributed by atoms with Crippen molar-refractivity contribution in [2.24, 2.45) is 0 Å². The normalized spacial score (nSPS) is 11.8. The highest BCUT2D eigenvalue weighted by Crippen LogP contribution is 2.31. The Morgan fingerprint density at radius 1 is 1.09 bits per heavy atom. The summed E-state index contributed by atoms with van der Waals surface area (Å²) in [6.07, 6.45) is 1.17. The standard InChI is InChI=1S/C23H28BrN3O4S2/c1-26(2)13-5-14-27(23-25-20-12-7-17(24)16-21(20)32-23)22(28)6-4-15-33(29,30)19-10-8-18(31-3)9-11-19/h7-12,16H,4-6,13-15H2,1-3H3. The number of halogens is 1. The van der Waals surface area contributed by atoms with Crippen LogP contribution in [-0.4, -0.2) is 64.3 Å². The first-order chi connectivity index (χ1) is 15.7. The number of methoxy groups -OCH3 is 1. The first kappa shape index (κ1) is 25.6. The average molecular weight is 555 g/mol. The highest BCUT2D eigenvalue weighted by Gasteiger charge is 2.21. The molecule has 0 fully saturated rings. The minimum atomic E-state index is -3.48. The molecular weight excluding hydrogens is 526 g/mol. The maximum absolute atomic E-state index is 13.1. The first-order valence-electron chi connectivity index (χ1n) is 10.6. The zero-order chi connectivity index (χ0) is 24.0. The number of nitrogens with zero attached hydrogens (tertiary/aromatic N) is 3. The van der Waals surface area contributed by atoms with Crippen LogP contribution in [0.5, 0.6) is 5.75 Å². The molecule has 1 amide bonds. The summed E-state index contributed by atoms with van der Waals surface area (Å²) in [6, 6.07) is 12.1. The lowest BCUT2D eigenvalue weighted by Crippen LogP contribution is -2.33. The second kappa shape index (κ2) is 11.4. The lowest BCUT2D eigenvalue weighted by Gasteiger charge is -2.21. The molecule has 0 aliphatic rings. The lowest BCUT2D eigenvalue weighted by atomic mass is 10.3. The van der Waals surface area contributed by atoms with Gasteiger partial charge in [-0.1, -0.05) is 27.3 Å². The van der Waals surface area contributed by atoms with Crippen LogP contribution in [0.1, 0.15) is 19.3 Å². The summed E-state index contributed by atoms with van der Waals surface area (Å²) in [6.45, 7) is 1.37. The van der Waals surface area contributed by atoms with E-state index in [1.807, 2.05) is 32.3 Å². The highest BCUT2D eigenvalue weighted by molar-refractivity contribution is 9.10. The summed E-state index contributed by atoms with van der Waals surface area (Å²) in [5.41, 5.74) is 0.839. The van der Waals surface area contributed by atoms with E-state index in [0.717, 1.165) is 27.7 Å². The summed E-state index contributed by atoms with van der Waals surface area (Å²) < 4.78 is 32.4. The Kier molecular flexibility index (Phi) is 8.86. The molecule has 10 heteroatoms. The van der Waals surface area contributed by atoms with Gasteiger partial charge in [0.25, 0.3) is 0 Å². The van der Waals surface area contributed by atoms with Crippen molar-refractivity contribution in [2.45, 2.75) is 24.2 Å². The molecule has 0 N–H and O–H groups in total. The predicted molar refractivity (Wildman–Crippen MR) is 137 cm³/mol. The van der Waals surface area contributed by atoms with E-state index < -0.39 is 9.84 Å². The predicted octanol–water partition coefficient (Wildman–Crippen LogP) is 4.61. The highest BCUT2D eigenvalue weighted by atomic mass is 79.9. The Hall–Kier alpha value is -2.01. The van der Waals surface area contributed by atoms with Crippen LogP contribution in [0.3, 0.4) is 0 Å². The Balaban J connectivity index is 1.69. The maximum Gasteiger partial charge on any atom is 0.228 e. The van der Waals surface area contributed by atoms with E-state index in [0.29, 0.717) is 17.4 Å². The molecule has 2 aromatic carbocycles. The number of fused-ring (bicyclic) bond motifs is 1. The Bertz CT molecular complexity index is 1190. The molecule has 0 spiro atoms. The average Bonchev–Trinajstić information content (AvgIpc) is 3.19. The molecule has 0 radical (unpaired) electrons. The third kappa shape index (κ3) is 6.99. The van der Waals surface area contributed by atoms with Gasteiger partial charge in [-0.3, -0.25) is 9.69 Å². The number of carbonyl (C=O) groups excluding carboxylic acids is 1. The molecule has 1 aromatic heterocycles. The van der Waals surface area contributed by atoms with Crippen LogP contribution in [0.25, 0.3) is 10.2 Å². The fourth-order valence-corrected chi connectivity index (χ4v) is 6.19. The van der Waals surface area contributed by atoms with Crippen LogP contribution in [-0.2, 0) is 14.6 Å². The van der Waals surface area contributed by atoms with Crippen LogP contribution in [0, 0.1) is 0 Å². The van der Waals surface area contributed by atoms with Gasteiger partial charge < -0.3 is 9.64 Å². The van der Waals surface area contributed by atoms with Crippen molar-refractivity contribution in [1.82, 2.24) is 9.88 Å². The summed E-state index contributed by atoms with van der Waals surface area (Å²) in [5.74, 6) is 0.390. The van der Waals surface area contributed by atoms with Crippen molar-refractivity contribution in [3.05, 3.63) is 46.9 Å². The number of amides is 1. The molecule has 0 aliphatic heterocycles. The van der Waals surface area contributed by atoms with Gasteiger partial charge in [0.05, 0.1) is 28.0 Å². The molecule has 0 atom stereocenters. The third-order valence-corrected chi connectivity index (χ3v) is 8.43. The Morgan fingerprint density at radius 3 is 2.48 bits per heavy atom. The van der Waals surface area contributed by atoms with Crippen molar-refractivity contribution in [2.75, 3.05) is 44.9 Å². The van der Waals surface area contributed by atoms with Crippen molar-refractivity contribution < 1.29 is 17.9 Å². The maximum atomic E-state index is 13.1. The number of sulfone groups is 1. The van der Waals surface area contributed by atoms with Gasteiger partial charge in [0.15, 0.2) is 15.0 Å². The van der Waals surface area contributed by atoms with Gasteiger partial charge in [-0.2, -0.15) is 0 Å². The minimum absolute atomic E-state index is 0.0939. The molecule has 0 saturated carbocycles. The van der Waals surface area contributed by atoms with E-state index in [9.17, 15) is 13.2 Å². The van der Waals surface area contributed by atoms with Gasteiger partial charge >= 0.3 is 0 Å². The number of aromatic nitrogens is 1. The van der Waals surface area contributed by atoms with E-state index in [-0.39, 0.29) is 29.4 Å². The van der Waals surface area contributed by atoms with Crippen molar-refractivity contribution in [3.8, 4) is 5.75 Å². The van der Waals surface area contributed by atoms with Gasteiger partial charge in [-0.15, -0.1) is 0 Å². The van der Waals surface area contributed by atoms with Crippen molar-refractivity contribution >= 4 is 58.4 Å². The van der Waals surface area contributed by atoms with Crippen LogP contribution in [0.2, 0.25) is 0 Å². The second-order valence-electron chi connectivity index (χ2n) is 7.91. The van der Waals surface area contributed by atoms with Gasteiger partial charge in [-0.25, -0.2) is 13.4 Å². The number of rotatable bonds is 11. The van der Waals surface area contributed by atoms with E-state index >= 15 is 0 Å². The topological polar surface area (TPSA) is 79.8 Å². The SMILES string of the molecule is COc1ccc(S(=O)(=O)CCCC(=O)N(CCCN(C)C)c2nc3ccc(Br)cc3s2)cc1. The number of ether oxygens (including phenoxy) is 1. The number of hydrogen-bond donors (Lipinski definition) is 0. The molecule has 0 unspecified atom stereocenters. The largest absolute Gasteiger partial charge is 0.497 e. The van der Waals surface area contributed by atoms with E-state index in [1.165, 1.54) is 30.6 Å².